The summed E-state index contributed by atoms with van der Waals surface area (Å²) in [7, 11) is 0. The minimum atomic E-state index is -1.31. The monoisotopic (exact) mass is 340 g/mol. The van der Waals surface area contributed by atoms with Gasteiger partial charge in [0.05, 0.1) is 0 Å². The fourth-order valence-corrected chi connectivity index (χ4v) is 1.39. The van der Waals surface area contributed by atoms with Crippen LogP contribution in [0.3, 0.4) is 0 Å². The van der Waals surface area contributed by atoms with Gasteiger partial charge in [-0.2, -0.15) is 5.53 Å². The van der Waals surface area contributed by atoms with Crippen LogP contribution in [-0.4, -0.2) is 72.0 Å². The fraction of sp³-hybridized carbons (Fsp3) is 0.769. The van der Waals surface area contributed by atoms with Crippen LogP contribution in [0.2, 0.25) is 0 Å². The number of hydrogen-bond acceptors (Lipinski definition) is 4. The van der Waals surface area contributed by atoms with Crippen LogP contribution in [0.1, 0.15) is 38.5 Å². The number of nitrogens with zero attached hydrogens (tertiary/aromatic N) is 1. The molecule has 0 unspecified atom stereocenters. The molecule has 0 aromatic heterocycles. The van der Waals surface area contributed by atoms with Gasteiger partial charge in [0, 0.05) is 12.4 Å². The van der Waals surface area contributed by atoms with Gasteiger partial charge in [0.15, 0.2) is 0 Å². The van der Waals surface area contributed by atoms with E-state index < -0.39 is 24.0 Å². The van der Waals surface area contributed by atoms with Crippen LogP contribution in [0.5, 0.6) is 0 Å². The molecule has 0 rings (SSSR count). The summed E-state index contributed by atoms with van der Waals surface area (Å²) in [6.45, 7) is 4.74. The van der Waals surface area contributed by atoms with Crippen LogP contribution in [-0.2, 0) is 9.59 Å². The van der Waals surface area contributed by atoms with Crippen molar-refractivity contribution in [2.24, 2.45) is 5.11 Å². The number of unbranched alkanes of at least 4 members (excludes halogenated alkanes) is 2. The molecule has 0 aromatic carbocycles. The average Bonchev–Trinajstić information content (AvgIpc) is 2.48. The van der Waals surface area contributed by atoms with E-state index in [4.69, 9.17) is 22.1 Å². The van der Waals surface area contributed by atoms with E-state index in [1.54, 1.807) is 0 Å². The summed E-state index contributed by atoms with van der Waals surface area (Å²) in [4.78, 5) is 22.9. The van der Waals surface area contributed by atoms with Crippen molar-refractivity contribution in [3.05, 3.63) is 11.5 Å². The van der Waals surface area contributed by atoms with Crippen molar-refractivity contribution in [2.45, 2.75) is 50.6 Å². The first kappa shape index (κ1) is 26.8. The molecule has 0 fully saturated rings. The van der Waals surface area contributed by atoms with Crippen LogP contribution < -0.4 is 15.6 Å². The third kappa shape index (κ3) is 20.9. The van der Waals surface area contributed by atoms with Crippen LogP contribution in [0.25, 0.3) is 11.5 Å². The minimum absolute atomic E-state index is 0. The molecular weight excluding hydrogens is 314 g/mol. The standard InChI is InChI=1S/C7H13N2O2.C6H12N3O2.Mg/c1-9-5-3-2-4-6(8)7(10)11;7-5(6(10)11)3-1-2-4-9-8;/h6,8H,1-5H2,(H,10,11);5,7-8H,1-4H2,(H,10,11);/q2*-1;+2/p+1/t6-;5-;/m00./s1. The van der Waals surface area contributed by atoms with E-state index in [1.165, 1.54) is 0 Å². The molecule has 0 aliphatic heterocycles. The molecule has 0 bridgehead atoms. The minimum Gasteiger partial charge on any atom is -0.670 e. The molecule has 0 aromatic rings. The van der Waals surface area contributed by atoms with Gasteiger partial charge in [-0.05, 0) is 24.0 Å². The largest absolute Gasteiger partial charge is 2.00 e. The third-order valence-corrected chi connectivity index (χ3v) is 2.71. The molecule has 0 heterocycles. The van der Waals surface area contributed by atoms with Gasteiger partial charge in [-0.25, -0.2) is 0 Å². The van der Waals surface area contributed by atoms with Crippen molar-refractivity contribution in [1.82, 2.24) is 0 Å². The van der Waals surface area contributed by atoms with Crippen LogP contribution >= 0.6 is 0 Å². The molecule has 0 radical (unpaired) electrons. The zero-order valence-electron chi connectivity index (χ0n) is 13.4. The molecule has 10 heteroatoms. The number of carboxylic acid groups (broad SMARTS) is 2. The number of hydrogen-bond donors (Lipinski definition) is 3. The molecule has 9 nitrogen and oxygen atoms in total. The third-order valence-electron chi connectivity index (χ3n) is 2.71. The number of carbonyl (C=O) groups excluding carboxylic acids is 1. The summed E-state index contributed by atoms with van der Waals surface area (Å²) in [6, 6.07) is -2.06. The fourth-order valence-electron chi connectivity index (χ4n) is 1.39. The molecular formula is C13H26MgN5O4+. The number of rotatable bonds is 12. The predicted molar refractivity (Wildman–Crippen MR) is 84.5 cm³/mol. The Labute approximate surface area is 152 Å². The molecule has 23 heavy (non-hydrogen) atoms. The molecule has 0 saturated carbocycles. The van der Waals surface area contributed by atoms with Gasteiger partial charge >= 0.3 is 23.1 Å². The van der Waals surface area contributed by atoms with E-state index in [-0.39, 0.29) is 23.1 Å². The second-order valence-corrected chi connectivity index (χ2v) is 4.66. The number of nitrogens with two attached hydrogens (primary N) is 1. The van der Waals surface area contributed by atoms with Crippen LogP contribution in [0.4, 0.5) is 0 Å². The summed E-state index contributed by atoms with van der Waals surface area (Å²) in [5, 5.41) is 21.7. The maximum Gasteiger partial charge on any atom is 2.00 e. The summed E-state index contributed by atoms with van der Waals surface area (Å²) >= 11 is 0. The van der Waals surface area contributed by atoms with Crippen LogP contribution in [0.15, 0.2) is 5.11 Å². The molecule has 0 amide bonds. The van der Waals surface area contributed by atoms with Gasteiger partial charge < -0.3 is 26.5 Å². The van der Waals surface area contributed by atoms with Gasteiger partial charge in [0.25, 0.3) is 5.97 Å². The van der Waals surface area contributed by atoms with E-state index in [0.717, 1.165) is 25.8 Å². The molecule has 0 aliphatic rings. The Morgan fingerprint density at radius 3 is 2.13 bits per heavy atom. The number of aliphatic carboxylic acids is 2. The summed E-state index contributed by atoms with van der Waals surface area (Å²) < 4.78 is 0. The van der Waals surface area contributed by atoms with Crippen LogP contribution in [0, 0.1) is 0 Å². The van der Waals surface area contributed by atoms with Crippen molar-refractivity contribution in [2.75, 3.05) is 13.1 Å². The first-order valence-electron chi connectivity index (χ1n) is 7.09. The molecule has 2 atom stereocenters. The van der Waals surface area contributed by atoms with Gasteiger partial charge in [-0.3, -0.25) is 9.79 Å². The van der Waals surface area contributed by atoms with Gasteiger partial charge in [0.1, 0.15) is 19.8 Å². The van der Waals surface area contributed by atoms with Gasteiger partial charge in [0.2, 0.25) is 0 Å². The summed E-state index contributed by atoms with van der Waals surface area (Å²) in [5.41, 5.74) is 18.8. The SMILES string of the molecule is C=[NH+]CCCC[C@H]([NH-])C(=O)O.[Mg+2].[NH-][C@@H](CCCCN=[NH2+])C(=O)[O-]. The Bertz CT molecular complexity index is 312. The van der Waals surface area contributed by atoms with Crippen molar-refractivity contribution < 1.29 is 30.3 Å². The Kier molecular flexibility index (Phi) is 22.1. The maximum atomic E-state index is 10.1. The van der Waals surface area contributed by atoms with Gasteiger partial charge in [-0.15, -0.1) is 0 Å². The van der Waals surface area contributed by atoms with E-state index in [0.29, 0.717) is 25.8 Å². The predicted octanol–water partition coefficient (Wildman–Crippen LogP) is -2.40. The average molecular weight is 341 g/mol. The van der Waals surface area contributed by atoms with Crippen molar-refractivity contribution in [3.63, 3.8) is 0 Å². The molecule has 128 valence electrons. The Morgan fingerprint density at radius 2 is 1.70 bits per heavy atom. The van der Waals surface area contributed by atoms with E-state index in [9.17, 15) is 14.7 Å². The van der Waals surface area contributed by atoms with Gasteiger partial charge in [-0.1, -0.05) is 25.3 Å². The Balaban J connectivity index is -0.000000333. The van der Waals surface area contributed by atoms with E-state index in [1.807, 2.05) is 0 Å². The topological polar surface area (TPSA) is 177 Å². The Hall–Kier alpha value is -1.10. The van der Waals surface area contributed by atoms with Crippen molar-refractivity contribution in [1.29, 1.82) is 0 Å². The maximum absolute atomic E-state index is 10.1. The zero-order valence-corrected chi connectivity index (χ0v) is 14.8. The first-order chi connectivity index (χ1) is 10.4. The summed E-state index contributed by atoms with van der Waals surface area (Å²) in [5.74, 6) is -2.35. The molecule has 6 N–H and O–H groups in total. The van der Waals surface area contributed by atoms with E-state index >= 15 is 0 Å². The first-order valence-corrected chi connectivity index (χ1v) is 7.09. The second kappa shape index (κ2) is 18.9. The number of nitrogens with one attached hydrogen (secondary N) is 3. The normalized spacial score (nSPS) is 11.9. The van der Waals surface area contributed by atoms with Crippen molar-refractivity contribution in [3.8, 4) is 0 Å². The van der Waals surface area contributed by atoms with E-state index in [2.05, 4.69) is 16.8 Å². The molecule has 0 saturated heterocycles. The summed E-state index contributed by atoms with van der Waals surface area (Å²) in [6.07, 6.45) is 3.78. The second-order valence-electron chi connectivity index (χ2n) is 4.66. The number of carboxylic acids is 2. The quantitative estimate of drug-likeness (QED) is 0.155. The van der Waals surface area contributed by atoms with Crippen molar-refractivity contribution >= 4 is 41.7 Å². The smallest absolute Gasteiger partial charge is 0.670 e. The molecule has 0 aliphatic carbocycles. The zero-order chi connectivity index (χ0) is 17.4. The number of carbonyl (C=O) groups is 2. The Morgan fingerprint density at radius 1 is 1.17 bits per heavy atom. The molecule has 0 spiro atoms.